The fourth-order valence-electron chi connectivity index (χ4n) is 3.85. The number of hydrogen-bond donors (Lipinski definition) is 0. The van der Waals surface area contributed by atoms with Crippen LogP contribution in [0.5, 0.6) is 0 Å². The van der Waals surface area contributed by atoms with E-state index in [4.69, 9.17) is 9.98 Å². The van der Waals surface area contributed by atoms with Crippen LogP contribution in [0, 0.1) is 12.8 Å². The molecule has 2 rings (SSSR count). The lowest BCUT2D eigenvalue weighted by atomic mass is 9.87. The van der Waals surface area contributed by atoms with Crippen LogP contribution in [0.15, 0.2) is 33.1 Å². The van der Waals surface area contributed by atoms with Crippen molar-refractivity contribution >= 4 is 23.8 Å². The third-order valence-corrected chi connectivity index (χ3v) is 5.78. The van der Waals surface area contributed by atoms with E-state index in [9.17, 15) is 4.79 Å². The summed E-state index contributed by atoms with van der Waals surface area (Å²) in [5, 5.41) is 4.51. The molecule has 0 radical (unpaired) electrons. The second-order valence-electron chi connectivity index (χ2n) is 10.2. The van der Waals surface area contributed by atoms with E-state index in [0.717, 1.165) is 48.4 Å². The number of aliphatic imine (C=N–C) groups is 1. The van der Waals surface area contributed by atoms with Crippen molar-refractivity contribution in [1.29, 1.82) is 0 Å². The fourth-order valence-corrected chi connectivity index (χ4v) is 3.85. The normalized spacial score (nSPS) is 12.4. The van der Waals surface area contributed by atoms with Gasteiger partial charge >= 0.3 is 0 Å². The van der Waals surface area contributed by atoms with Gasteiger partial charge in [0.05, 0.1) is 17.6 Å². The average molecular weight is 466 g/mol. The van der Waals surface area contributed by atoms with Gasteiger partial charge in [0.25, 0.3) is 5.56 Å². The van der Waals surface area contributed by atoms with Gasteiger partial charge in [-0.1, -0.05) is 48.0 Å². The van der Waals surface area contributed by atoms with Crippen LogP contribution in [0.4, 0.5) is 11.4 Å². The number of benzene rings is 1. The number of anilines is 1. The Kier molecular flexibility index (Phi) is 9.77. The Labute approximate surface area is 205 Å². The summed E-state index contributed by atoms with van der Waals surface area (Å²) in [6.07, 6.45) is 6.13. The summed E-state index contributed by atoms with van der Waals surface area (Å²) in [5.74, 6) is 0.673. The van der Waals surface area contributed by atoms with Crippen molar-refractivity contribution in [3.8, 4) is 0 Å². The summed E-state index contributed by atoms with van der Waals surface area (Å²) in [6.45, 7) is 20.8. The van der Waals surface area contributed by atoms with Crippen LogP contribution < -0.4 is 10.5 Å². The van der Waals surface area contributed by atoms with Crippen molar-refractivity contribution in [3.05, 3.63) is 51.2 Å². The molecular weight excluding hydrogens is 422 g/mol. The van der Waals surface area contributed by atoms with Gasteiger partial charge < -0.3 is 4.90 Å². The van der Waals surface area contributed by atoms with Gasteiger partial charge in [-0.3, -0.25) is 9.79 Å². The van der Waals surface area contributed by atoms with E-state index < -0.39 is 0 Å². The van der Waals surface area contributed by atoms with Gasteiger partial charge in [0.15, 0.2) is 5.82 Å². The molecule has 0 bridgehead atoms. The topological polar surface area (TPSA) is 62.9 Å². The maximum Gasteiger partial charge on any atom is 0.277 e. The second-order valence-corrected chi connectivity index (χ2v) is 10.2. The minimum Gasteiger partial charge on any atom is -0.372 e. The number of nitrogens with zero attached hydrogens (tertiary/aromatic N) is 5. The van der Waals surface area contributed by atoms with E-state index in [-0.39, 0.29) is 16.9 Å². The molecule has 34 heavy (non-hydrogen) atoms. The summed E-state index contributed by atoms with van der Waals surface area (Å²) in [6, 6.07) is 6.28. The standard InChI is InChI=1S/C28H43N5O/c1-10-13-14-23-26(28(7,8)9)31-25(33(27(23)34)30-18-20(4)5)19-29-24-16-15-22(17-21(24)6)32(11-2)12-3/h15-20H,10-14H2,1-9H3/b29-19?,30-18+. The Hall–Kier alpha value is -2.76. The van der Waals surface area contributed by atoms with Crippen LogP contribution in [-0.4, -0.2) is 35.2 Å². The summed E-state index contributed by atoms with van der Waals surface area (Å²) >= 11 is 0. The van der Waals surface area contributed by atoms with Crippen LogP contribution in [0.3, 0.4) is 0 Å². The van der Waals surface area contributed by atoms with E-state index in [2.05, 4.69) is 70.6 Å². The number of unbranched alkanes of at least 4 members (excludes halogenated alkanes) is 1. The SMILES string of the molecule is CCCCc1c(C(C)(C)C)nc(C=Nc2ccc(N(CC)CC)cc2C)n(/N=C/C(C)C)c1=O. The van der Waals surface area contributed by atoms with Gasteiger partial charge in [-0.05, 0) is 63.3 Å². The highest BCUT2D eigenvalue weighted by molar-refractivity contribution is 5.79. The molecule has 0 fully saturated rings. The van der Waals surface area contributed by atoms with Crippen molar-refractivity contribution < 1.29 is 0 Å². The van der Waals surface area contributed by atoms with Gasteiger partial charge in [-0.2, -0.15) is 9.78 Å². The van der Waals surface area contributed by atoms with Gasteiger partial charge in [0.2, 0.25) is 0 Å². The van der Waals surface area contributed by atoms with Crippen LogP contribution in [0.1, 0.15) is 90.9 Å². The van der Waals surface area contributed by atoms with Gasteiger partial charge in [0, 0.05) is 36.0 Å². The first-order valence-electron chi connectivity index (χ1n) is 12.6. The van der Waals surface area contributed by atoms with E-state index >= 15 is 0 Å². The highest BCUT2D eigenvalue weighted by Crippen LogP contribution is 2.26. The lowest BCUT2D eigenvalue weighted by Gasteiger charge is -2.23. The second kappa shape index (κ2) is 12.1. The molecule has 0 aliphatic carbocycles. The molecule has 0 spiro atoms. The zero-order valence-electron chi connectivity index (χ0n) is 22.6. The minimum atomic E-state index is -0.257. The molecule has 0 aliphatic rings. The quantitative estimate of drug-likeness (QED) is 0.388. The minimum absolute atomic E-state index is 0.0969. The molecule has 1 aromatic carbocycles. The monoisotopic (exact) mass is 465 g/mol. The van der Waals surface area contributed by atoms with Gasteiger partial charge in [0.1, 0.15) is 0 Å². The molecule has 0 amide bonds. The average Bonchev–Trinajstić information content (AvgIpc) is 2.77. The Morgan fingerprint density at radius 2 is 1.82 bits per heavy atom. The molecule has 6 heteroatoms. The molecule has 6 nitrogen and oxygen atoms in total. The summed E-state index contributed by atoms with van der Waals surface area (Å²) < 4.78 is 1.42. The van der Waals surface area contributed by atoms with E-state index in [1.807, 2.05) is 19.9 Å². The van der Waals surface area contributed by atoms with Crippen molar-refractivity contribution in [2.75, 3.05) is 18.0 Å². The molecule has 2 aromatic rings. The first-order valence-corrected chi connectivity index (χ1v) is 12.6. The summed E-state index contributed by atoms with van der Waals surface area (Å²) in [7, 11) is 0. The third-order valence-electron chi connectivity index (χ3n) is 5.78. The van der Waals surface area contributed by atoms with Crippen molar-refractivity contribution in [2.45, 2.75) is 87.0 Å². The Bertz CT molecular complexity index is 1070. The molecular formula is C28H43N5O. The molecule has 186 valence electrons. The van der Waals surface area contributed by atoms with Crippen LogP contribution in [0.2, 0.25) is 0 Å². The molecule has 0 N–H and O–H groups in total. The molecule has 1 aromatic heterocycles. The third kappa shape index (κ3) is 6.87. The van der Waals surface area contributed by atoms with Crippen molar-refractivity contribution in [2.24, 2.45) is 16.0 Å². The fraction of sp³-hybridized carbons (Fsp3) is 0.571. The van der Waals surface area contributed by atoms with Crippen LogP contribution >= 0.6 is 0 Å². The Morgan fingerprint density at radius 1 is 1.15 bits per heavy atom. The van der Waals surface area contributed by atoms with E-state index in [0.29, 0.717) is 12.2 Å². The molecule has 0 aliphatic heterocycles. The summed E-state index contributed by atoms with van der Waals surface area (Å²) in [5.41, 5.74) is 4.36. The first-order chi connectivity index (χ1) is 16.0. The van der Waals surface area contributed by atoms with E-state index in [1.54, 1.807) is 12.4 Å². The largest absolute Gasteiger partial charge is 0.372 e. The number of rotatable bonds is 10. The highest BCUT2D eigenvalue weighted by atomic mass is 16.1. The highest BCUT2D eigenvalue weighted by Gasteiger charge is 2.25. The van der Waals surface area contributed by atoms with Gasteiger partial charge in [-0.25, -0.2) is 4.98 Å². The summed E-state index contributed by atoms with van der Waals surface area (Å²) in [4.78, 5) is 25.6. The lowest BCUT2D eigenvalue weighted by Crippen LogP contribution is -2.32. The van der Waals surface area contributed by atoms with Gasteiger partial charge in [-0.15, -0.1) is 0 Å². The predicted molar refractivity (Wildman–Crippen MR) is 147 cm³/mol. The zero-order chi connectivity index (χ0) is 25.5. The number of aromatic nitrogens is 2. The van der Waals surface area contributed by atoms with Crippen molar-refractivity contribution in [1.82, 2.24) is 9.66 Å². The number of aryl methyl sites for hydroxylation is 1. The molecule has 0 saturated heterocycles. The smallest absolute Gasteiger partial charge is 0.277 e. The van der Waals surface area contributed by atoms with E-state index in [1.165, 1.54) is 10.4 Å². The maximum absolute atomic E-state index is 13.6. The molecule has 0 unspecified atom stereocenters. The Balaban J connectivity index is 2.64. The molecule has 0 saturated carbocycles. The molecule has 0 atom stereocenters. The van der Waals surface area contributed by atoms with Crippen LogP contribution in [-0.2, 0) is 11.8 Å². The predicted octanol–water partition coefficient (Wildman–Crippen LogP) is 6.28. The zero-order valence-corrected chi connectivity index (χ0v) is 22.6. The maximum atomic E-state index is 13.6. The Morgan fingerprint density at radius 3 is 2.35 bits per heavy atom. The lowest BCUT2D eigenvalue weighted by molar-refractivity contribution is 0.543. The van der Waals surface area contributed by atoms with Crippen molar-refractivity contribution in [3.63, 3.8) is 0 Å². The van der Waals surface area contributed by atoms with Crippen LogP contribution in [0.25, 0.3) is 0 Å². The number of hydrogen-bond acceptors (Lipinski definition) is 5. The first kappa shape index (κ1) is 27.5. The molecule has 1 heterocycles.